The number of phenols is 1. The van der Waals surface area contributed by atoms with Crippen molar-refractivity contribution in [2.24, 2.45) is 4.99 Å². The lowest BCUT2D eigenvalue weighted by molar-refractivity contribution is 0.0529. The summed E-state index contributed by atoms with van der Waals surface area (Å²) < 4.78 is 0. The van der Waals surface area contributed by atoms with Crippen LogP contribution in [-0.4, -0.2) is 27.5 Å². The van der Waals surface area contributed by atoms with Crippen LogP contribution in [0.5, 0.6) is 5.75 Å². The number of fused-ring (bicyclic) bond motifs is 1. The maximum Gasteiger partial charge on any atom is 0.137 e. The normalized spacial score (nSPS) is 13.1. The molecule has 0 aliphatic heterocycles. The lowest BCUT2D eigenvalue weighted by Crippen LogP contribution is -2.41. The quantitative estimate of drug-likeness (QED) is 0.131. The fourth-order valence-electron chi connectivity index (χ4n) is 7.39. The minimum atomic E-state index is -1.55. The number of aliphatic imine (C=N–C) groups is 1. The average Bonchev–Trinajstić information content (AvgIpc) is 3.59. The van der Waals surface area contributed by atoms with Crippen LogP contribution < -0.4 is 0 Å². The van der Waals surface area contributed by atoms with Crippen molar-refractivity contribution in [1.82, 2.24) is 4.98 Å². The fraction of sp³-hybridized carbons (Fsp3) is 0.220. The Bertz CT molecular complexity index is 2290. The first kappa shape index (κ1) is 36.6. The van der Waals surface area contributed by atoms with Crippen molar-refractivity contribution in [1.29, 1.82) is 0 Å². The van der Waals surface area contributed by atoms with Crippen molar-refractivity contribution in [2.45, 2.75) is 70.4 Å². The van der Waals surface area contributed by atoms with Gasteiger partial charge in [0.15, 0.2) is 0 Å². The molecule has 0 aliphatic carbocycles. The number of rotatable bonds is 9. The third-order valence-electron chi connectivity index (χ3n) is 10.6. The molecular weight excluding hydrogens is 661 g/mol. The van der Waals surface area contributed by atoms with E-state index in [-0.39, 0.29) is 16.6 Å². The van der Waals surface area contributed by atoms with Crippen LogP contribution in [0.25, 0.3) is 33.2 Å². The van der Waals surface area contributed by atoms with E-state index in [9.17, 15) is 10.2 Å². The lowest BCUT2D eigenvalue weighted by atomic mass is 9.77. The number of aromatic nitrogens is 1. The Morgan fingerprint density at radius 2 is 1.09 bits per heavy atom. The molecule has 272 valence electrons. The zero-order chi connectivity index (χ0) is 38.1. The highest BCUT2D eigenvalue weighted by atomic mass is 16.3. The number of aliphatic hydroxyl groups is 1. The lowest BCUT2D eigenvalue weighted by Gasteiger charge is -2.36. The summed E-state index contributed by atoms with van der Waals surface area (Å²) in [7, 11) is 0. The van der Waals surface area contributed by atoms with Crippen molar-refractivity contribution in [3.8, 4) is 28.0 Å². The first-order valence-electron chi connectivity index (χ1n) is 18.8. The predicted molar refractivity (Wildman–Crippen MR) is 226 cm³/mol. The molecule has 4 nitrogen and oxygen atoms in total. The van der Waals surface area contributed by atoms with Crippen LogP contribution in [0, 0.1) is 0 Å². The van der Waals surface area contributed by atoms with Gasteiger partial charge in [0.2, 0.25) is 0 Å². The summed E-state index contributed by atoms with van der Waals surface area (Å²) in [6.07, 6.45) is 4.24. The van der Waals surface area contributed by atoms with E-state index in [4.69, 9.17) is 4.99 Å². The Morgan fingerprint density at radius 3 is 1.61 bits per heavy atom. The van der Waals surface area contributed by atoms with Gasteiger partial charge < -0.3 is 15.2 Å². The second-order valence-electron chi connectivity index (χ2n) is 16.5. The number of hydrogen-bond acceptors (Lipinski definition) is 3. The van der Waals surface area contributed by atoms with Crippen molar-refractivity contribution in [3.63, 3.8) is 0 Å². The van der Waals surface area contributed by atoms with Gasteiger partial charge in [-0.25, -0.2) is 0 Å². The van der Waals surface area contributed by atoms with Gasteiger partial charge in [-0.05, 0) is 67.5 Å². The third kappa shape index (κ3) is 7.40. The molecule has 0 fully saturated rings. The molecule has 1 atom stereocenters. The molecule has 0 bridgehead atoms. The van der Waals surface area contributed by atoms with Crippen molar-refractivity contribution < 1.29 is 10.2 Å². The van der Waals surface area contributed by atoms with Gasteiger partial charge >= 0.3 is 0 Å². The van der Waals surface area contributed by atoms with Crippen molar-refractivity contribution in [2.75, 3.05) is 0 Å². The van der Waals surface area contributed by atoms with Gasteiger partial charge in [-0.2, -0.15) is 0 Å². The first-order valence-corrected chi connectivity index (χ1v) is 18.8. The number of para-hydroxylation sites is 1. The molecular formula is C50H50N2O2. The zero-order valence-corrected chi connectivity index (χ0v) is 32.1. The molecule has 1 aromatic heterocycles. The summed E-state index contributed by atoms with van der Waals surface area (Å²) in [5.41, 5.74) is 8.53. The van der Waals surface area contributed by atoms with E-state index in [1.54, 1.807) is 6.21 Å². The summed E-state index contributed by atoms with van der Waals surface area (Å²) in [5.74, 6) is 0.216. The second kappa shape index (κ2) is 14.6. The van der Waals surface area contributed by atoms with E-state index in [0.29, 0.717) is 12.0 Å². The Balaban J connectivity index is 1.42. The zero-order valence-electron chi connectivity index (χ0n) is 32.1. The summed E-state index contributed by atoms with van der Waals surface area (Å²) >= 11 is 0. The van der Waals surface area contributed by atoms with Gasteiger partial charge in [0, 0.05) is 40.9 Å². The largest absolute Gasteiger partial charge is 0.507 e. The number of H-pyrrole nitrogens is 1. The van der Waals surface area contributed by atoms with Crippen molar-refractivity contribution >= 4 is 17.1 Å². The minimum absolute atomic E-state index is 0.151. The van der Waals surface area contributed by atoms with Gasteiger partial charge in [0.1, 0.15) is 11.4 Å². The van der Waals surface area contributed by atoms with Gasteiger partial charge in [-0.1, -0.05) is 175 Å². The number of hydrogen-bond donors (Lipinski definition) is 3. The van der Waals surface area contributed by atoms with Gasteiger partial charge in [-0.15, -0.1) is 0 Å². The number of benzene rings is 6. The average molecular weight is 711 g/mol. The Hall–Kier alpha value is -5.71. The summed E-state index contributed by atoms with van der Waals surface area (Å²) in [5, 5.41) is 26.4. The van der Waals surface area contributed by atoms with Crippen LogP contribution in [0.15, 0.2) is 157 Å². The number of aromatic hydroxyl groups is 1. The monoisotopic (exact) mass is 710 g/mol. The molecule has 7 aromatic rings. The number of nitrogens with one attached hydrogen (secondary N) is 1. The minimum Gasteiger partial charge on any atom is -0.507 e. The first-order chi connectivity index (χ1) is 25.8. The van der Waals surface area contributed by atoms with E-state index < -0.39 is 11.6 Å². The molecule has 1 heterocycles. The van der Waals surface area contributed by atoms with Crippen LogP contribution in [0.1, 0.15) is 74.9 Å². The van der Waals surface area contributed by atoms with Crippen LogP contribution in [0.2, 0.25) is 0 Å². The maximum atomic E-state index is 13.5. The molecule has 0 radical (unpaired) electrons. The Labute approximate surface area is 319 Å². The standard InChI is InChI=1S/C50H50N2O2/c1-48(2,3)42-29-39(47(53)44(31-42)49(4,5)6)33-52-46(30-38-32-51-45-20-14-13-19-43(38)45)50(54,40-25-21-36(22-26-40)34-15-9-7-10-16-34)41-27-23-37(24-28-41)35-17-11-8-12-18-35/h7-29,31-33,46,51,53-54H,30H2,1-6H3/t46-/m1/s1. The maximum absolute atomic E-state index is 13.5. The molecule has 54 heavy (non-hydrogen) atoms. The SMILES string of the molecule is CC(C)(C)c1cc(C=N[C@H](Cc2c[nH]c3ccccc23)C(O)(c2ccc(-c3ccccc3)cc2)c2ccc(-c3ccccc3)cc2)c(O)c(C(C)(C)C)c1. The van der Waals surface area contributed by atoms with Gasteiger partial charge in [-0.3, -0.25) is 4.99 Å². The summed E-state index contributed by atoms with van der Waals surface area (Å²) in [6.45, 7) is 12.9. The third-order valence-corrected chi connectivity index (χ3v) is 10.6. The Kier molecular flexibility index (Phi) is 9.91. The van der Waals surface area contributed by atoms with Crippen LogP contribution in [0.3, 0.4) is 0 Å². The summed E-state index contributed by atoms with van der Waals surface area (Å²) in [4.78, 5) is 8.75. The molecule has 0 saturated carbocycles. The second-order valence-corrected chi connectivity index (χ2v) is 16.5. The number of phenolic OH excluding ortho intramolecular Hbond substituents is 1. The van der Waals surface area contributed by atoms with Crippen LogP contribution in [0.4, 0.5) is 0 Å². The fourth-order valence-corrected chi connectivity index (χ4v) is 7.39. The molecule has 0 aliphatic rings. The molecule has 6 aromatic carbocycles. The van der Waals surface area contributed by atoms with E-state index in [2.05, 4.69) is 113 Å². The van der Waals surface area contributed by atoms with Gasteiger partial charge in [0.05, 0.1) is 6.04 Å². The van der Waals surface area contributed by atoms with E-state index >= 15 is 0 Å². The highest BCUT2D eigenvalue weighted by Crippen LogP contribution is 2.41. The molecule has 0 spiro atoms. The van der Waals surface area contributed by atoms with Crippen LogP contribution >= 0.6 is 0 Å². The number of nitrogens with zero attached hydrogens (tertiary/aromatic N) is 1. The summed E-state index contributed by atoms with van der Waals surface area (Å²) in [6, 6.07) is 48.7. The Morgan fingerprint density at radius 1 is 0.593 bits per heavy atom. The topological polar surface area (TPSA) is 68.6 Å². The smallest absolute Gasteiger partial charge is 0.137 e. The number of aromatic amines is 1. The van der Waals surface area contributed by atoms with E-state index in [1.165, 1.54) is 0 Å². The van der Waals surface area contributed by atoms with E-state index in [0.717, 1.165) is 61.0 Å². The predicted octanol–water partition coefficient (Wildman–Crippen LogP) is 11.8. The van der Waals surface area contributed by atoms with E-state index in [1.807, 2.05) is 85.1 Å². The molecule has 0 amide bonds. The van der Waals surface area contributed by atoms with Crippen molar-refractivity contribution in [3.05, 3.63) is 185 Å². The molecule has 3 N–H and O–H groups in total. The highest BCUT2D eigenvalue weighted by molar-refractivity contribution is 5.86. The van der Waals surface area contributed by atoms with Crippen LogP contribution in [-0.2, 0) is 22.9 Å². The molecule has 4 heteroatoms. The highest BCUT2D eigenvalue weighted by Gasteiger charge is 2.41. The van der Waals surface area contributed by atoms with Gasteiger partial charge in [0.25, 0.3) is 0 Å². The molecule has 0 saturated heterocycles. The molecule has 0 unspecified atom stereocenters. The molecule has 7 rings (SSSR count).